The molecule has 30 heavy (non-hydrogen) atoms. The van der Waals surface area contributed by atoms with Crippen LogP contribution < -0.4 is 5.32 Å². The fourth-order valence-electron chi connectivity index (χ4n) is 3.12. The number of anilines is 1. The number of benzene rings is 1. The summed E-state index contributed by atoms with van der Waals surface area (Å²) in [5.41, 5.74) is 4.32. The topological polar surface area (TPSA) is 104 Å². The molecular weight excluding hydrogens is 500 g/mol. The number of nitrogens with zero attached hydrogens (tertiary/aromatic N) is 3. The first-order valence-electron chi connectivity index (χ1n) is 9.12. The number of carboxylic acid groups (broad SMARTS) is 1. The van der Waals surface area contributed by atoms with Gasteiger partial charge in [0.25, 0.3) is 0 Å². The molecule has 3 N–H and O–H groups in total. The van der Waals surface area contributed by atoms with Crippen molar-refractivity contribution in [3.8, 4) is 11.3 Å². The van der Waals surface area contributed by atoms with E-state index in [-0.39, 0.29) is 23.2 Å². The van der Waals surface area contributed by atoms with Crippen LogP contribution in [-0.4, -0.2) is 31.0 Å². The van der Waals surface area contributed by atoms with E-state index in [1.807, 2.05) is 6.92 Å². The Hall–Kier alpha value is -3.08. The molecule has 7 nitrogen and oxygen atoms in total. The number of hydrogen-bond donors (Lipinski definition) is 3. The molecule has 0 aliphatic rings. The molecule has 0 amide bonds. The molecule has 1 aromatic carbocycles. The molecule has 0 fully saturated rings. The first-order chi connectivity index (χ1) is 14.5. The average molecular weight is 517 g/mol. The van der Waals surface area contributed by atoms with Crippen LogP contribution in [0.5, 0.6) is 0 Å². The lowest BCUT2D eigenvalue weighted by Crippen LogP contribution is -2.12. The molecule has 0 saturated heterocycles. The number of hydrogen-bond acceptors (Lipinski definition) is 5. The highest BCUT2D eigenvalue weighted by atomic mass is 127. The quantitative estimate of drug-likeness (QED) is 0.247. The molecule has 0 aliphatic carbocycles. The van der Waals surface area contributed by atoms with E-state index < -0.39 is 5.97 Å². The van der Waals surface area contributed by atoms with Gasteiger partial charge in [0.2, 0.25) is 0 Å². The Morgan fingerprint density at radius 1 is 1.23 bits per heavy atom. The molecule has 0 saturated carbocycles. The van der Waals surface area contributed by atoms with Crippen LogP contribution in [0.3, 0.4) is 0 Å². The van der Waals surface area contributed by atoms with Gasteiger partial charge < -0.3 is 15.4 Å². The van der Waals surface area contributed by atoms with Gasteiger partial charge in [0, 0.05) is 22.2 Å². The van der Waals surface area contributed by atoms with Crippen LogP contribution in [0.2, 0.25) is 0 Å². The minimum Gasteiger partial charge on any atom is -0.478 e. The van der Waals surface area contributed by atoms with Crippen LogP contribution in [0.4, 0.5) is 10.2 Å². The van der Waals surface area contributed by atoms with Crippen LogP contribution in [0, 0.1) is 5.82 Å². The summed E-state index contributed by atoms with van der Waals surface area (Å²) < 4.78 is 13.9. The van der Waals surface area contributed by atoms with Gasteiger partial charge in [-0.05, 0) is 36.8 Å². The van der Waals surface area contributed by atoms with Crippen LogP contribution >= 0.6 is 22.6 Å². The molecule has 9 heteroatoms. The molecule has 0 spiro atoms. The number of H-pyrrole nitrogens is 1. The molecule has 4 rings (SSSR count). The average Bonchev–Trinajstić information content (AvgIpc) is 3.17. The summed E-state index contributed by atoms with van der Waals surface area (Å²) in [4.78, 5) is 28.4. The zero-order chi connectivity index (χ0) is 21.3. The lowest BCUT2D eigenvalue weighted by molar-refractivity contribution is 0.0697. The summed E-state index contributed by atoms with van der Waals surface area (Å²) in [6.45, 7) is 1.86. The monoisotopic (exact) mass is 517 g/mol. The first-order valence-corrected chi connectivity index (χ1v) is 10.6. The van der Waals surface area contributed by atoms with Gasteiger partial charge in [0.1, 0.15) is 22.7 Å². The van der Waals surface area contributed by atoms with E-state index >= 15 is 0 Å². The number of halogens is 2. The van der Waals surface area contributed by atoms with Gasteiger partial charge in [-0.3, -0.25) is 0 Å². The maximum atomic E-state index is 13.2. The summed E-state index contributed by atoms with van der Waals surface area (Å²) in [6.07, 6.45) is 3.48. The summed E-state index contributed by atoms with van der Waals surface area (Å²) >= 11 is 2.22. The third-order valence-corrected chi connectivity index (χ3v) is 5.47. The number of nitrogens with one attached hydrogen (secondary N) is 2. The Balaban J connectivity index is 1.75. The van der Waals surface area contributed by atoms with Crippen molar-refractivity contribution in [2.75, 3.05) is 5.32 Å². The van der Waals surface area contributed by atoms with Gasteiger partial charge in [0.15, 0.2) is 5.65 Å². The molecule has 0 radical (unpaired) electrons. The lowest BCUT2D eigenvalue weighted by Gasteiger charge is -2.17. The zero-order valence-corrected chi connectivity index (χ0v) is 18.0. The summed E-state index contributed by atoms with van der Waals surface area (Å²) in [6, 6.07) is 8.92. The third kappa shape index (κ3) is 3.97. The number of carboxylic acids is 1. The minimum absolute atomic E-state index is 0.0478. The van der Waals surface area contributed by atoms with Crippen molar-refractivity contribution in [2.24, 2.45) is 0 Å². The third-order valence-electron chi connectivity index (χ3n) is 4.69. The molecule has 3 heterocycles. The SMILES string of the molecule is C[C@H](Nc1nc(-c2c[nH]c3ncc(CI)nc23)ccc1C(=O)O)c1ccc(F)cc1. The molecule has 4 aromatic rings. The second kappa shape index (κ2) is 8.34. The van der Waals surface area contributed by atoms with Crippen molar-refractivity contribution >= 4 is 45.5 Å². The van der Waals surface area contributed by atoms with Crippen LogP contribution in [-0.2, 0) is 4.43 Å². The minimum atomic E-state index is -1.09. The number of aromatic carboxylic acids is 1. The van der Waals surface area contributed by atoms with Gasteiger partial charge in [-0.1, -0.05) is 34.7 Å². The van der Waals surface area contributed by atoms with Gasteiger partial charge in [-0.2, -0.15) is 0 Å². The standard InChI is InChI=1S/C21H17FIN5O2/c1-11(12-2-4-13(22)5-3-12)26-19-15(21(29)30)6-7-17(28-19)16-10-25-20-18(16)27-14(8-23)9-24-20/h2-7,9-11H,8H2,1H3,(H,24,25)(H,26,28)(H,29,30)/t11-/m0/s1. The van der Waals surface area contributed by atoms with Crippen molar-refractivity contribution in [2.45, 2.75) is 17.4 Å². The van der Waals surface area contributed by atoms with Gasteiger partial charge >= 0.3 is 5.97 Å². The molecular formula is C21H17FIN5O2. The molecule has 152 valence electrons. The fraction of sp³-hybridized carbons (Fsp3) is 0.143. The summed E-state index contributed by atoms with van der Waals surface area (Å²) in [5.74, 6) is -1.19. The van der Waals surface area contributed by atoms with E-state index in [1.165, 1.54) is 18.2 Å². The zero-order valence-electron chi connectivity index (χ0n) is 15.9. The Morgan fingerprint density at radius 3 is 2.70 bits per heavy atom. The van der Waals surface area contributed by atoms with E-state index in [9.17, 15) is 14.3 Å². The highest BCUT2D eigenvalue weighted by Crippen LogP contribution is 2.29. The van der Waals surface area contributed by atoms with E-state index in [1.54, 1.807) is 30.6 Å². The second-order valence-electron chi connectivity index (χ2n) is 6.71. The number of alkyl halides is 1. The van der Waals surface area contributed by atoms with E-state index in [0.29, 0.717) is 16.9 Å². The van der Waals surface area contributed by atoms with Crippen molar-refractivity contribution in [3.63, 3.8) is 0 Å². The Kier molecular flexibility index (Phi) is 5.62. The maximum absolute atomic E-state index is 13.2. The Morgan fingerprint density at radius 2 is 2.00 bits per heavy atom. The van der Waals surface area contributed by atoms with Crippen molar-refractivity contribution < 1.29 is 14.3 Å². The van der Waals surface area contributed by atoms with E-state index in [2.05, 4.69) is 47.8 Å². The number of carbonyl (C=O) groups is 1. The van der Waals surface area contributed by atoms with Crippen molar-refractivity contribution in [3.05, 3.63) is 71.4 Å². The van der Waals surface area contributed by atoms with Crippen molar-refractivity contribution in [1.29, 1.82) is 0 Å². The van der Waals surface area contributed by atoms with Crippen molar-refractivity contribution in [1.82, 2.24) is 19.9 Å². The molecule has 0 bridgehead atoms. The lowest BCUT2D eigenvalue weighted by atomic mass is 10.1. The molecule has 0 aliphatic heterocycles. The molecule has 0 unspecified atom stereocenters. The highest BCUT2D eigenvalue weighted by molar-refractivity contribution is 14.1. The summed E-state index contributed by atoms with van der Waals surface area (Å²) in [5, 5.41) is 12.7. The highest BCUT2D eigenvalue weighted by Gasteiger charge is 2.18. The number of aromatic nitrogens is 4. The molecule has 3 aromatic heterocycles. The Labute approximate surface area is 184 Å². The predicted octanol–water partition coefficient (Wildman–Crippen LogP) is 4.97. The Bertz CT molecular complexity index is 1230. The van der Waals surface area contributed by atoms with Gasteiger partial charge in [0.05, 0.1) is 17.6 Å². The van der Waals surface area contributed by atoms with E-state index in [4.69, 9.17) is 0 Å². The maximum Gasteiger partial charge on any atom is 0.339 e. The number of rotatable bonds is 6. The first kappa shape index (κ1) is 20.2. The van der Waals surface area contributed by atoms with E-state index in [0.717, 1.165) is 21.2 Å². The van der Waals surface area contributed by atoms with Crippen LogP contribution in [0.15, 0.2) is 48.8 Å². The predicted molar refractivity (Wildman–Crippen MR) is 120 cm³/mol. The fourth-order valence-corrected chi connectivity index (χ4v) is 3.49. The second-order valence-corrected chi connectivity index (χ2v) is 7.47. The van der Waals surface area contributed by atoms with Gasteiger partial charge in [-0.25, -0.2) is 24.1 Å². The number of pyridine rings is 1. The number of aromatic amines is 1. The van der Waals surface area contributed by atoms with Crippen LogP contribution in [0.25, 0.3) is 22.4 Å². The normalized spacial score (nSPS) is 12.1. The molecule has 1 atom stereocenters. The van der Waals surface area contributed by atoms with Gasteiger partial charge in [-0.15, -0.1) is 0 Å². The number of fused-ring (bicyclic) bond motifs is 1. The smallest absolute Gasteiger partial charge is 0.339 e. The summed E-state index contributed by atoms with van der Waals surface area (Å²) in [7, 11) is 0. The largest absolute Gasteiger partial charge is 0.478 e. The van der Waals surface area contributed by atoms with Crippen LogP contribution in [0.1, 0.15) is 34.6 Å².